The number of rotatable bonds is 11. The van der Waals surface area contributed by atoms with Gasteiger partial charge in [-0.15, -0.1) is 10.2 Å². The number of aryl methyl sites for hydroxylation is 1. The Balaban J connectivity index is 2.01. The number of hydrogen-bond acceptors (Lipinski definition) is 7. The van der Waals surface area contributed by atoms with E-state index in [2.05, 4.69) is 22.4 Å². The summed E-state index contributed by atoms with van der Waals surface area (Å²) < 4.78 is 15.8. The molecule has 0 aliphatic carbocycles. The zero-order valence-corrected chi connectivity index (χ0v) is 17.1. The molecule has 2 aromatic rings. The molecule has 2 rings (SSSR count). The number of aromatic nitrogens is 2. The summed E-state index contributed by atoms with van der Waals surface area (Å²) >= 11 is 1.41. The fourth-order valence-electron chi connectivity index (χ4n) is 2.67. The molecule has 1 heterocycles. The highest BCUT2D eigenvalue weighted by Crippen LogP contribution is 2.38. The molecule has 1 N–H and O–H groups in total. The van der Waals surface area contributed by atoms with Crippen molar-refractivity contribution in [3.8, 4) is 17.2 Å². The van der Waals surface area contributed by atoms with Crippen molar-refractivity contribution >= 4 is 22.4 Å². The summed E-state index contributed by atoms with van der Waals surface area (Å²) in [4.78, 5) is 12.6. The largest absolute Gasteiger partial charge is 0.493 e. The molecule has 0 atom stereocenters. The number of methoxy groups -OCH3 is 3. The molecule has 1 aromatic heterocycles. The topological polar surface area (TPSA) is 82.6 Å². The van der Waals surface area contributed by atoms with Gasteiger partial charge in [-0.2, -0.15) is 0 Å². The summed E-state index contributed by atoms with van der Waals surface area (Å²) in [5.74, 6) is 0.983. The minimum Gasteiger partial charge on any atom is -0.493 e. The fourth-order valence-corrected chi connectivity index (χ4v) is 3.44. The minimum atomic E-state index is -0.306. The van der Waals surface area contributed by atoms with Crippen LogP contribution in [0.4, 0.5) is 5.13 Å². The average molecular weight is 394 g/mol. The Morgan fingerprint density at radius 2 is 1.67 bits per heavy atom. The number of nitrogens with zero attached hydrogens (tertiary/aromatic N) is 2. The van der Waals surface area contributed by atoms with E-state index in [-0.39, 0.29) is 5.91 Å². The molecular weight excluding hydrogens is 366 g/mol. The number of unbranched alkanes of at least 4 members (excludes halogenated alkanes) is 4. The highest BCUT2D eigenvalue weighted by atomic mass is 32.1. The SMILES string of the molecule is CCCCCCCc1nnc(NC(=O)c2cc(OC)c(OC)c(OC)c2)s1. The standard InChI is InChI=1S/C19H27N3O4S/c1-5-6-7-8-9-10-16-21-22-19(27-16)20-18(23)13-11-14(24-2)17(26-4)15(12-13)25-3/h11-12H,5-10H2,1-4H3,(H,20,22,23). The maximum Gasteiger partial charge on any atom is 0.257 e. The van der Waals surface area contributed by atoms with Gasteiger partial charge in [-0.25, -0.2) is 0 Å². The third-order valence-electron chi connectivity index (χ3n) is 4.11. The van der Waals surface area contributed by atoms with Crippen molar-refractivity contribution in [2.45, 2.75) is 45.4 Å². The van der Waals surface area contributed by atoms with E-state index in [0.29, 0.717) is 27.9 Å². The summed E-state index contributed by atoms with van der Waals surface area (Å²) in [7, 11) is 4.54. The van der Waals surface area contributed by atoms with Gasteiger partial charge < -0.3 is 14.2 Å². The Hall–Kier alpha value is -2.35. The van der Waals surface area contributed by atoms with E-state index in [4.69, 9.17) is 14.2 Å². The van der Waals surface area contributed by atoms with Crippen molar-refractivity contribution in [1.29, 1.82) is 0 Å². The Labute approximate surface area is 164 Å². The van der Waals surface area contributed by atoms with Gasteiger partial charge in [-0.3, -0.25) is 10.1 Å². The zero-order chi connectivity index (χ0) is 19.6. The molecule has 0 bridgehead atoms. The highest BCUT2D eigenvalue weighted by Gasteiger charge is 2.18. The van der Waals surface area contributed by atoms with Crippen LogP contribution in [-0.2, 0) is 6.42 Å². The maximum absolute atomic E-state index is 12.6. The molecule has 148 valence electrons. The molecule has 0 fully saturated rings. The summed E-state index contributed by atoms with van der Waals surface area (Å²) in [5, 5.41) is 12.4. The van der Waals surface area contributed by atoms with E-state index in [0.717, 1.165) is 17.8 Å². The molecule has 0 unspecified atom stereocenters. The van der Waals surface area contributed by atoms with Gasteiger partial charge in [-0.1, -0.05) is 43.9 Å². The lowest BCUT2D eigenvalue weighted by molar-refractivity contribution is 0.102. The number of carbonyl (C=O) groups excluding carboxylic acids is 1. The number of hydrogen-bond donors (Lipinski definition) is 1. The molecule has 1 amide bonds. The molecule has 27 heavy (non-hydrogen) atoms. The molecule has 0 saturated carbocycles. The lowest BCUT2D eigenvalue weighted by Gasteiger charge is -2.13. The van der Waals surface area contributed by atoms with Crippen LogP contribution >= 0.6 is 11.3 Å². The normalized spacial score (nSPS) is 10.5. The quantitative estimate of drug-likeness (QED) is 0.572. The van der Waals surface area contributed by atoms with Gasteiger partial charge in [0.2, 0.25) is 10.9 Å². The van der Waals surface area contributed by atoms with Crippen LogP contribution in [0, 0.1) is 0 Å². The maximum atomic E-state index is 12.6. The Morgan fingerprint density at radius 3 is 2.26 bits per heavy atom. The Kier molecular flexibility index (Phi) is 8.32. The van der Waals surface area contributed by atoms with E-state index >= 15 is 0 Å². The summed E-state index contributed by atoms with van der Waals surface area (Å²) in [6.07, 6.45) is 6.93. The third-order valence-corrected chi connectivity index (χ3v) is 5.01. The number of carbonyl (C=O) groups is 1. The van der Waals surface area contributed by atoms with Crippen LogP contribution in [0.1, 0.15) is 54.4 Å². The van der Waals surface area contributed by atoms with Gasteiger partial charge in [0, 0.05) is 12.0 Å². The van der Waals surface area contributed by atoms with Crippen LogP contribution < -0.4 is 19.5 Å². The second kappa shape index (κ2) is 10.7. The van der Waals surface area contributed by atoms with Crippen LogP contribution in [0.5, 0.6) is 17.2 Å². The Bertz CT molecular complexity index is 723. The van der Waals surface area contributed by atoms with Crippen molar-refractivity contribution in [1.82, 2.24) is 10.2 Å². The lowest BCUT2D eigenvalue weighted by Crippen LogP contribution is -2.12. The van der Waals surface area contributed by atoms with Crippen LogP contribution in [0.2, 0.25) is 0 Å². The molecule has 0 radical (unpaired) electrons. The molecule has 1 aromatic carbocycles. The smallest absolute Gasteiger partial charge is 0.257 e. The fraction of sp³-hybridized carbons (Fsp3) is 0.526. The molecule has 0 aliphatic heterocycles. The van der Waals surface area contributed by atoms with Crippen molar-refractivity contribution < 1.29 is 19.0 Å². The zero-order valence-electron chi connectivity index (χ0n) is 16.3. The first-order chi connectivity index (χ1) is 13.1. The van der Waals surface area contributed by atoms with Crippen molar-refractivity contribution in [2.24, 2.45) is 0 Å². The van der Waals surface area contributed by atoms with E-state index in [1.54, 1.807) is 12.1 Å². The van der Waals surface area contributed by atoms with Gasteiger partial charge >= 0.3 is 0 Å². The van der Waals surface area contributed by atoms with E-state index in [1.165, 1.54) is 58.3 Å². The summed E-state index contributed by atoms with van der Waals surface area (Å²) in [6.45, 7) is 2.20. The van der Waals surface area contributed by atoms with Gasteiger partial charge in [0.1, 0.15) is 5.01 Å². The average Bonchev–Trinajstić information content (AvgIpc) is 3.13. The molecule has 0 spiro atoms. The first-order valence-electron chi connectivity index (χ1n) is 9.06. The minimum absolute atomic E-state index is 0.306. The van der Waals surface area contributed by atoms with Crippen molar-refractivity contribution in [3.05, 3.63) is 22.7 Å². The van der Waals surface area contributed by atoms with Crippen LogP contribution in [0.25, 0.3) is 0 Å². The van der Waals surface area contributed by atoms with E-state index in [1.807, 2.05) is 0 Å². The lowest BCUT2D eigenvalue weighted by atomic mass is 10.1. The predicted octanol–water partition coefficient (Wildman–Crippen LogP) is 4.33. The third kappa shape index (κ3) is 5.82. The molecular formula is C19H27N3O4S. The van der Waals surface area contributed by atoms with Crippen LogP contribution in [0.3, 0.4) is 0 Å². The number of ether oxygens (including phenoxy) is 3. The van der Waals surface area contributed by atoms with Gasteiger partial charge in [0.05, 0.1) is 21.3 Å². The molecule has 0 saturated heterocycles. The van der Waals surface area contributed by atoms with Gasteiger partial charge in [0.15, 0.2) is 11.5 Å². The predicted molar refractivity (Wildman–Crippen MR) is 106 cm³/mol. The first kappa shape index (κ1) is 21.0. The number of anilines is 1. The highest BCUT2D eigenvalue weighted by molar-refractivity contribution is 7.15. The number of nitrogens with one attached hydrogen (secondary N) is 1. The molecule has 0 aliphatic rings. The summed E-state index contributed by atoms with van der Waals surface area (Å²) in [5.41, 5.74) is 0.390. The first-order valence-corrected chi connectivity index (χ1v) is 9.88. The summed E-state index contributed by atoms with van der Waals surface area (Å²) in [6, 6.07) is 3.21. The number of benzene rings is 1. The van der Waals surface area contributed by atoms with Gasteiger partial charge in [-0.05, 0) is 18.6 Å². The van der Waals surface area contributed by atoms with E-state index in [9.17, 15) is 4.79 Å². The Morgan fingerprint density at radius 1 is 1.00 bits per heavy atom. The second-order valence-corrected chi connectivity index (χ2v) is 7.10. The van der Waals surface area contributed by atoms with Crippen molar-refractivity contribution in [3.63, 3.8) is 0 Å². The molecule has 7 nitrogen and oxygen atoms in total. The molecule has 8 heteroatoms. The van der Waals surface area contributed by atoms with Crippen LogP contribution in [0.15, 0.2) is 12.1 Å². The van der Waals surface area contributed by atoms with Crippen LogP contribution in [-0.4, -0.2) is 37.4 Å². The van der Waals surface area contributed by atoms with Gasteiger partial charge in [0.25, 0.3) is 5.91 Å². The second-order valence-electron chi connectivity index (χ2n) is 6.03. The van der Waals surface area contributed by atoms with E-state index < -0.39 is 0 Å². The monoisotopic (exact) mass is 393 g/mol. The number of amides is 1. The van der Waals surface area contributed by atoms with Crippen molar-refractivity contribution in [2.75, 3.05) is 26.6 Å².